The van der Waals surface area contributed by atoms with E-state index in [1.165, 1.54) is 37.5 Å². The molecule has 8 aromatic carbocycles. The van der Waals surface area contributed by atoms with Gasteiger partial charge in [0.1, 0.15) is 40.1 Å². The van der Waals surface area contributed by atoms with Crippen LogP contribution in [0.15, 0.2) is 282 Å². The summed E-state index contributed by atoms with van der Waals surface area (Å²) in [5, 5.41) is 33.3. The second-order valence-electron chi connectivity index (χ2n) is 24.0. The number of para-hydroxylation sites is 2. The van der Waals surface area contributed by atoms with Gasteiger partial charge in [-0.15, -0.1) is 13.2 Å². The molecule has 12 rings (SSSR count). The molecule has 26 nitrogen and oxygen atoms in total. The number of methoxy groups -OCH3 is 1. The molecule has 12 aromatic rings. The predicted molar refractivity (Wildman–Crippen MR) is 432 cm³/mol. The Balaban J connectivity index is 0.000000180. The van der Waals surface area contributed by atoms with E-state index in [1.54, 1.807) is 115 Å². The Morgan fingerprint density at radius 3 is 1.11 bits per heavy atom. The zero-order valence-electron chi connectivity index (χ0n) is 62.1. The molecule has 0 spiro atoms. The highest BCUT2D eigenvalue weighted by atomic mass is 19.4. The van der Waals surface area contributed by atoms with Crippen molar-refractivity contribution < 1.29 is 72.6 Å². The molecule has 0 aliphatic carbocycles. The predicted octanol–water partition coefficient (Wildman–Crippen LogP) is 19.4. The van der Waals surface area contributed by atoms with E-state index in [9.17, 15) is 63.1 Å². The zero-order valence-corrected chi connectivity index (χ0v) is 62.1. The third-order valence-corrected chi connectivity index (χ3v) is 15.2. The van der Waals surface area contributed by atoms with Crippen LogP contribution in [0.25, 0.3) is 0 Å². The maximum Gasteiger partial charge on any atom is 0.573 e. The van der Waals surface area contributed by atoms with Gasteiger partial charge in [-0.25, -0.2) is 24.3 Å². The summed E-state index contributed by atoms with van der Waals surface area (Å²) in [5.41, 5.74) is 5.34. The Morgan fingerprint density at radius 2 is 0.695 bits per heavy atom. The number of amides is 4. The average molecular weight is 1620 g/mol. The fourth-order valence-electron chi connectivity index (χ4n) is 9.78. The van der Waals surface area contributed by atoms with Crippen molar-refractivity contribution in [2.24, 2.45) is 0 Å². The summed E-state index contributed by atoms with van der Waals surface area (Å²) in [4.78, 5) is 77.7. The largest absolute Gasteiger partial charge is 0.573 e. The summed E-state index contributed by atoms with van der Waals surface area (Å²) < 4.78 is 141. The second-order valence-corrected chi connectivity index (χ2v) is 24.0. The molecule has 604 valence electrons. The van der Waals surface area contributed by atoms with Gasteiger partial charge in [0, 0.05) is 105 Å². The summed E-state index contributed by atoms with van der Waals surface area (Å²) in [7, 11) is 1.50. The van der Waals surface area contributed by atoms with E-state index in [1.807, 2.05) is 67.6 Å². The van der Waals surface area contributed by atoms with Crippen LogP contribution in [0.2, 0.25) is 0 Å². The van der Waals surface area contributed by atoms with Crippen molar-refractivity contribution in [1.82, 2.24) is 45.2 Å². The van der Waals surface area contributed by atoms with Gasteiger partial charge < -0.3 is 73.3 Å². The van der Waals surface area contributed by atoms with Crippen LogP contribution in [0, 0.1) is 12.7 Å². The molecule has 0 saturated heterocycles. The van der Waals surface area contributed by atoms with E-state index in [0.717, 1.165) is 64.9 Å². The fraction of sp³-hybridized carbons (Fsp3) is 0.0732. The number of carbonyl (C=O) groups excluding carboxylic acids is 4. The van der Waals surface area contributed by atoms with Crippen molar-refractivity contribution >= 4 is 133 Å². The van der Waals surface area contributed by atoms with Crippen LogP contribution >= 0.6 is 0 Å². The molecule has 0 aliphatic rings. The number of hydrogen-bond donors (Lipinski definition) is 12. The second kappa shape index (κ2) is 41.1. The first-order valence-electron chi connectivity index (χ1n) is 34.6. The van der Waals surface area contributed by atoms with E-state index >= 15 is 0 Å². The van der Waals surface area contributed by atoms with E-state index in [2.05, 4.69) is 135 Å². The molecule has 0 aliphatic heterocycles. The molecule has 36 heteroatoms. The molecule has 4 aromatic heterocycles. The van der Waals surface area contributed by atoms with E-state index in [4.69, 9.17) is 4.74 Å². The number of alkyl halides is 9. The van der Waals surface area contributed by atoms with Crippen molar-refractivity contribution in [3.05, 3.63) is 310 Å². The smallest absolute Gasteiger partial charge is 0.497 e. The van der Waals surface area contributed by atoms with Crippen molar-refractivity contribution in [1.29, 1.82) is 0 Å². The summed E-state index contributed by atoms with van der Waals surface area (Å²) in [6.45, 7) is 15.9. The first-order valence-corrected chi connectivity index (χ1v) is 34.6. The first-order chi connectivity index (χ1) is 56.5. The standard InChI is InChI=1S/C21H18F3N5O2.C21H21N5O.C20H15F4N5O2.C20H16F3N5O/c1-3-18(30)26-13-6-4-7-14(10-13)27-19-17(21(22,23)24)12-25-20(29-19)28-15-8-5-9-16(11-15)31-2;1-3-19(27)22-14-16-9-11-18(12-10-16)24-20-15(2)13-23-21(26-20)25-17-7-5-4-6-8-17;1-2-17(30)26-12-5-3-6-13(9-12)27-18-16(21)11-25-19(29-18)28-14-7-4-8-15(10-14)31-20(22,23)24;1-2-17(29)25-14-9-6-10-15(11-14)26-18-16(20(21,22)23)12-24-19(28-18)27-13-7-4-3-5-8-13/h3-12H,1H2,2H3,(H,26,30)(H2,25,27,28,29);3-13H,1,14H2,2H3,(H,22,27)(H2,23,24,25,26);2-11H,1H2,(H,26,30)(H2,25,27,28,29);2-12H,1H2,(H,25,29)(H2,24,26,27,28). The number of aromatic nitrogens is 8. The lowest BCUT2D eigenvalue weighted by molar-refractivity contribution is -0.274. The normalized spacial score (nSPS) is 10.7. The quantitative estimate of drug-likeness (QED) is 0.0168. The van der Waals surface area contributed by atoms with E-state index < -0.39 is 70.8 Å². The minimum absolute atomic E-state index is 0.00261. The molecule has 0 atom stereocenters. The lowest BCUT2D eigenvalue weighted by Gasteiger charge is -2.15. The lowest BCUT2D eigenvalue weighted by atomic mass is 10.2. The molecule has 4 amide bonds. The Labute approximate surface area is 667 Å². The maximum absolute atomic E-state index is 14.2. The van der Waals surface area contributed by atoms with E-state index in [0.29, 0.717) is 76.1 Å². The average Bonchev–Trinajstić information content (AvgIpc) is 0.810. The maximum atomic E-state index is 14.2. The van der Waals surface area contributed by atoms with Gasteiger partial charge in [0.25, 0.3) is 0 Å². The van der Waals surface area contributed by atoms with Gasteiger partial charge in [-0.05, 0) is 152 Å². The highest BCUT2D eigenvalue weighted by molar-refractivity contribution is 6.00. The molecular weight excluding hydrogens is 1550 g/mol. The zero-order chi connectivity index (χ0) is 84.8. The highest BCUT2D eigenvalue weighted by Gasteiger charge is 2.37. The van der Waals surface area contributed by atoms with Crippen molar-refractivity contribution in [3.63, 3.8) is 0 Å². The minimum atomic E-state index is -4.83. The summed E-state index contributed by atoms with van der Waals surface area (Å²) in [6, 6.07) is 57.1. The van der Waals surface area contributed by atoms with Gasteiger partial charge in [-0.2, -0.15) is 46.3 Å². The van der Waals surface area contributed by atoms with Gasteiger partial charge in [-0.3, -0.25) is 19.2 Å². The van der Waals surface area contributed by atoms with Gasteiger partial charge >= 0.3 is 18.7 Å². The molecule has 0 radical (unpaired) electrons. The molecule has 0 unspecified atom stereocenters. The molecule has 12 N–H and O–H groups in total. The molecule has 0 fully saturated rings. The lowest BCUT2D eigenvalue weighted by Crippen LogP contribution is -2.19. The number of aryl methyl sites for hydroxylation is 1. The number of ether oxygens (including phenoxy) is 2. The van der Waals surface area contributed by atoms with Crippen LogP contribution in [-0.2, 0) is 38.1 Å². The fourth-order valence-corrected chi connectivity index (χ4v) is 9.78. The van der Waals surface area contributed by atoms with Crippen LogP contribution in [-0.4, -0.2) is 77.0 Å². The van der Waals surface area contributed by atoms with Gasteiger partial charge in [0.2, 0.25) is 47.4 Å². The van der Waals surface area contributed by atoms with Gasteiger partial charge in [0.05, 0.1) is 13.3 Å². The summed E-state index contributed by atoms with van der Waals surface area (Å²) in [5.74, 6) is -2.01. The summed E-state index contributed by atoms with van der Waals surface area (Å²) >= 11 is 0. The van der Waals surface area contributed by atoms with Crippen molar-refractivity contribution in [2.45, 2.75) is 32.2 Å². The molecule has 4 heterocycles. The minimum Gasteiger partial charge on any atom is -0.497 e. The Bertz CT molecular complexity index is 5500. The Morgan fingerprint density at radius 1 is 0.364 bits per heavy atom. The third-order valence-electron chi connectivity index (χ3n) is 15.2. The number of rotatable bonds is 27. The van der Waals surface area contributed by atoms with Crippen molar-refractivity contribution in [2.75, 3.05) is 65.6 Å². The SMILES string of the molecule is C=CC(=O)NCc1ccc(Nc2nc(Nc3ccccc3)ncc2C)cc1.C=CC(=O)Nc1cccc(Nc2nc(Nc3cccc(OC(F)(F)F)c3)ncc2F)c1.C=CC(=O)Nc1cccc(Nc2nc(Nc3cccc(OC)c3)ncc2C(F)(F)F)c1.C=CC(=O)Nc1cccc(Nc2nc(Nc3ccccc3)ncc2C(F)(F)F)c1. The van der Waals surface area contributed by atoms with Gasteiger partial charge in [0.15, 0.2) is 11.6 Å². The van der Waals surface area contributed by atoms with Crippen molar-refractivity contribution in [3.8, 4) is 11.5 Å². The number of nitrogens with zero attached hydrogens (tertiary/aromatic N) is 8. The highest BCUT2D eigenvalue weighted by Crippen LogP contribution is 2.38. The van der Waals surface area contributed by atoms with Crippen LogP contribution < -0.4 is 73.3 Å². The monoisotopic (exact) mass is 1620 g/mol. The molecular formula is C82H70F10N20O6. The number of hydrogen-bond acceptors (Lipinski definition) is 22. The van der Waals surface area contributed by atoms with Crippen LogP contribution in [0.3, 0.4) is 0 Å². The topological polar surface area (TPSA) is 334 Å². The first kappa shape index (κ1) is 86.2. The summed E-state index contributed by atoms with van der Waals surface area (Å²) in [6.07, 6.45) is -5.53. The Kier molecular flexibility index (Phi) is 30.0. The Hall–Kier alpha value is -15.8. The van der Waals surface area contributed by atoms with E-state index in [-0.39, 0.29) is 35.3 Å². The number of nitrogens with one attached hydrogen (secondary N) is 12. The third kappa shape index (κ3) is 27.8. The van der Waals surface area contributed by atoms with Crippen LogP contribution in [0.4, 0.5) is 154 Å². The van der Waals surface area contributed by atoms with Crippen LogP contribution in [0.1, 0.15) is 22.3 Å². The molecule has 0 bridgehead atoms. The number of benzene rings is 8. The molecule has 118 heavy (non-hydrogen) atoms. The van der Waals surface area contributed by atoms with Crippen LogP contribution in [0.5, 0.6) is 11.5 Å². The van der Waals surface area contributed by atoms with Gasteiger partial charge in [-0.1, -0.05) is 105 Å². The molecule has 0 saturated carbocycles. The number of carbonyl (C=O) groups is 4. The number of halogens is 10. The number of anilines is 19.